The summed E-state index contributed by atoms with van der Waals surface area (Å²) < 4.78 is 0. The molecule has 13 heavy (non-hydrogen) atoms. The van der Waals surface area contributed by atoms with Gasteiger partial charge in [0.15, 0.2) is 5.65 Å². The fourth-order valence-corrected chi connectivity index (χ4v) is 1.22. The minimum absolute atomic E-state index is 0.208. The molecule has 2 rings (SSSR count). The molecule has 0 saturated carbocycles. The molecule has 0 spiro atoms. The Morgan fingerprint density at radius 3 is 3.08 bits per heavy atom. The van der Waals surface area contributed by atoms with E-state index in [-0.39, 0.29) is 5.56 Å². The van der Waals surface area contributed by atoms with Crippen molar-refractivity contribution in [3.8, 4) is 0 Å². The molecule has 0 radical (unpaired) electrons. The van der Waals surface area contributed by atoms with Gasteiger partial charge in [-0.15, -0.1) is 0 Å². The van der Waals surface area contributed by atoms with Gasteiger partial charge in [-0.25, -0.2) is 14.8 Å². The van der Waals surface area contributed by atoms with E-state index in [4.69, 9.17) is 5.11 Å². The van der Waals surface area contributed by atoms with Gasteiger partial charge in [-0.05, 0) is 13.0 Å². The van der Waals surface area contributed by atoms with E-state index < -0.39 is 5.97 Å². The van der Waals surface area contributed by atoms with E-state index in [2.05, 4.69) is 15.0 Å². The lowest BCUT2D eigenvalue weighted by molar-refractivity contribution is 0.0698. The van der Waals surface area contributed by atoms with Crippen molar-refractivity contribution in [2.24, 2.45) is 0 Å². The molecule has 0 saturated heterocycles. The van der Waals surface area contributed by atoms with Gasteiger partial charge in [0.05, 0.1) is 17.4 Å². The van der Waals surface area contributed by atoms with Crippen LogP contribution in [0.4, 0.5) is 0 Å². The number of aromatic nitrogens is 3. The third kappa shape index (κ3) is 1.14. The molecule has 5 heteroatoms. The summed E-state index contributed by atoms with van der Waals surface area (Å²) in [5.74, 6) is -0.972. The molecule has 0 bridgehead atoms. The second-order valence-electron chi connectivity index (χ2n) is 2.72. The highest BCUT2D eigenvalue weighted by molar-refractivity contribution is 5.99. The van der Waals surface area contributed by atoms with Crippen LogP contribution in [0.1, 0.15) is 16.1 Å². The highest BCUT2D eigenvalue weighted by atomic mass is 16.4. The number of carboxylic acid groups (broad SMARTS) is 1. The van der Waals surface area contributed by atoms with Crippen LogP contribution in [-0.4, -0.2) is 26.0 Å². The highest BCUT2D eigenvalue weighted by Gasteiger charge is 2.11. The summed E-state index contributed by atoms with van der Waals surface area (Å²) in [5, 5.41) is 8.85. The summed E-state index contributed by atoms with van der Waals surface area (Å²) >= 11 is 0. The Kier molecular flexibility index (Phi) is 1.51. The molecule has 2 aromatic rings. The summed E-state index contributed by atoms with van der Waals surface area (Å²) in [6.45, 7) is 1.74. The first-order valence-electron chi connectivity index (χ1n) is 3.72. The lowest BCUT2D eigenvalue weighted by atomic mass is 10.2. The standard InChI is InChI=1S/C8H7N3O2/c1-4-2-5(8(12)13)6-7(11-4)10-3-9-6/h2-3H,1H3,(H,12,13)(H,9,10,11). The number of pyridine rings is 1. The Morgan fingerprint density at radius 2 is 2.38 bits per heavy atom. The van der Waals surface area contributed by atoms with Gasteiger partial charge in [-0.1, -0.05) is 0 Å². The molecule has 0 atom stereocenters. The quantitative estimate of drug-likeness (QED) is 0.680. The average molecular weight is 177 g/mol. The van der Waals surface area contributed by atoms with E-state index in [0.29, 0.717) is 16.9 Å². The van der Waals surface area contributed by atoms with Crippen molar-refractivity contribution < 1.29 is 9.90 Å². The van der Waals surface area contributed by atoms with Gasteiger partial charge in [0, 0.05) is 5.69 Å². The third-order valence-electron chi connectivity index (χ3n) is 1.75. The smallest absolute Gasteiger partial charge is 0.338 e. The predicted molar refractivity (Wildman–Crippen MR) is 45.6 cm³/mol. The fourth-order valence-electron chi connectivity index (χ4n) is 1.22. The van der Waals surface area contributed by atoms with Crippen LogP contribution in [-0.2, 0) is 0 Å². The zero-order valence-corrected chi connectivity index (χ0v) is 6.90. The van der Waals surface area contributed by atoms with E-state index in [1.165, 1.54) is 12.4 Å². The van der Waals surface area contributed by atoms with Gasteiger partial charge >= 0.3 is 5.97 Å². The van der Waals surface area contributed by atoms with Crippen LogP contribution < -0.4 is 0 Å². The molecule has 0 aliphatic heterocycles. The second-order valence-corrected chi connectivity index (χ2v) is 2.72. The molecule has 5 nitrogen and oxygen atoms in total. The van der Waals surface area contributed by atoms with Crippen LogP contribution in [0.3, 0.4) is 0 Å². The van der Waals surface area contributed by atoms with E-state index in [1.807, 2.05) is 0 Å². The number of nitrogens with one attached hydrogen (secondary N) is 1. The number of nitrogens with zero attached hydrogens (tertiary/aromatic N) is 2. The number of aromatic carboxylic acids is 1. The Hall–Kier alpha value is -1.91. The van der Waals surface area contributed by atoms with Crippen LogP contribution in [0.2, 0.25) is 0 Å². The molecule has 0 unspecified atom stereocenters. The Balaban J connectivity index is 2.84. The molecule has 0 aromatic carbocycles. The summed E-state index contributed by atoms with van der Waals surface area (Å²) in [7, 11) is 0. The first kappa shape index (κ1) is 7.72. The Labute approximate surface area is 73.4 Å². The van der Waals surface area contributed by atoms with E-state index in [1.54, 1.807) is 6.92 Å². The Morgan fingerprint density at radius 1 is 1.62 bits per heavy atom. The minimum atomic E-state index is -0.972. The average Bonchev–Trinajstić information content (AvgIpc) is 2.49. The number of H-pyrrole nitrogens is 1. The number of aromatic amines is 1. The Bertz CT molecular complexity index is 475. The number of aryl methyl sites for hydroxylation is 1. The molecule has 2 aromatic heterocycles. The van der Waals surface area contributed by atoms with Gasteiger partial charge in [-0.2, -0.15) is 0 Å². The molecule has 0 amide bonds. The van der Waals surface area contributed by atoms with Gasteiger partial charge in [0.25, 0.3) is 0 Å². The number of hydrogen-bond acceptors (Lipinski definition) is 3. The molecule has 2 heterocycles. The molecular formula is C8H7N3O2. The van der Waals surface area contributed by atoms with Crippen LogP contribution in [0.25, 0.3) is 11.2 Å². The summed E-state index contributed by atoms with van der Waals surface area (Å²) in [4.78, 5) is 21.5. The number of rotatable bonds is 1. The highest BCUT2D eigenvalue weighted by Crippen LogP contribution is 2.13. The topological polar surface area (TPSA) is 78.9 Å². The van der Waals surface area contributed by atoms with Crippen LogP contribution in [0.5, 0.6) is 0 Å². The summed E-state index contributed by atoms with van der Waals surface area (Å²) in [6.07, 6.45) is 1.43. The van der Waals surface area contributed by atoms with Crippen LogP contribution in [0.15, 0.2) is 12.4 Å². The largest absolute Gasteiger partial charge is 0.478 e. The first-order chi connectivity index (χ1) is 6.18. The molecule has 0 aliphatic rings. The maximum atomic E-state index is 10.8. The van der Waals surface area contributed by atoms with Crippen molar-refractivity contribution in [3.05, 3.63) is 23.7 Å². The monoisotopic (exact) mass is 177 g/mol. The van der Waals surface area contributed by atoms with Gasteiger partial charge in [0.1, 0.15) is 0 Å². The number of carboxylic acids is 1. The minimum Gasteiger partial charge on any atom is -0.478 e. The first-order valence-corrected chi connectivity index (χ1v) is 3.72. The van der Waals surface area contributed by atoms with E-state index in [9.17, 15) is 4.79 Å². The predicted octanol–water partition coefficient (Wildman–Crippen LogP) is 0.965. The maximum absolute atomic E-state index is 10.8. The van der Waals surface area contributed by atoms with Crippen molar-refractivity contribution in [1.82, 2.24) is 15.0 Å². The SMILES string of the molecule is Cc1cc(C(=O)O)c2[nH]cnc2n1. The van der Waals surface area contributed by atoms with Crippen molar-refractivity contribution >= 4 is 17.1 Å². The fraction of sp³-hybridized carbons (Fsp3) is 0.125. The van der Waals surface area contributed by atoms with Gasteiger partial charge in [0.2, 0.25) is 0 Å². The molecular weight excluding hydrogens is 170 g/mol. The van der Waals surface area contributed by atoms with Gasteiger partial charge < -0.3 is 10.1 Å². The van der Waals surface area contributed by atoms with Crippen molar-refractivity contribution in [1.29, 1.82) is 0 Å². The molecule has 0 fully saturated rings. The number of fused-ring (bicyclic) bond motifs is 1. The zero-order chi connectivity index (χ0) is 9.42. The number of imidazole rings is 1. The summed E-state index contributed by atoms with van der Waals surface area (Å²) in [6, 6.07) is 1.52. The molecule has 2 N–H and O–H groups in total. The van der Waals surface area contributed by atoms with Crippen LogP contribution in [0, 0.1) is 6.92 Å². The lowest BCUT2D eigenvalue weighted by Gasteiger charge is -1.97. The normalized spacial score (nSPS) is 10.5. The van der Waals surface area contributed by atoms with Crippen molar-refractivity contribution in [3.63, 3.8) is 0 Å². The van der Waals surface area contributed by atoms with Crippen LogP contribution >= 0.6 is 0 Å². The summed E-state index contributed by atoms with van der Waals surface area (Å²) in [5.41, 5.74) is 1.77. The third-order valence-corrected chi connectivity index (χ3v) is 1.75. The maximum Gasteiger partial charge on any atom is 0.338 e. The second kappa shape index (κ2) is 2.55. The van der Waals surface area contributed by atoms with E-state index in [0.717, 1.165) is 0 Å². The zero-order valence-electron chi connectivity index (χ0n) is 6.90. The molecule has 0 aliphatic carbocycles. The van der Waals surface area contributed by atoms with E-state index >= 15 is 0 Å². The number of hydrogen-bond donors (Lipinski definition) is 2. The van der Waals surface area contributed by atoms with Crippen molar-refractivity contribution in [2.75, 3.05) is 0 Å². The van der Waals surface area contributed by atoms with Crippen molar-refractivity contribution in [2.45, 2.75) is 6.92 Å². The molecule has 66 valence electrons. The lowest BCUT2D eigenvalue weighted by Crippen LogP contribution is -1.99. The van der Waals surface area contributed by atoms with Gasteiger partial charge in [-0.3, -0.25) is 0 Å². The number of carbonyl (C=O) groups is 1.